The second-order valence-electron chi connectivity index (χ2n) is 2.89. The van der Waals surface area contributed by atoms with Crippen LogP contribution in [0.25, 0.3) is 0 Å². The third-order valence-corrected chi connectivity index (χ3v) is 2.98. The van der Waals surface area contributed by atoms with Crippen molar-refractivity contribution >= 4 is 27.3 Å². The molecular weight excluding hydrogens is 220 g/mol. The monoisotopic (exact) mass is 232 g/mol. The standard InChI is InChI=1S/C9H13BrS/c1-7(10)3-4-9-5-8(2)11-6-9/h5-7H,3-4H2,1-2H3. The second-order valence-corrected chi connectivity index (χ2v) is 5.56. The van der Waals surface area contributed by atoms with Crippen molar-refractivity contribution in [1.82, 2.24) is 0 Å². The van der Waals surface area contributed by atoms with Crippen molar-refractivity contribution < 1.29 is 0 Å². The second kappa shape index (κ2) is 4.27. The maximum atomic E-state index is 3.54. The predicted octanol–water partition coefficient (Wildman–Crippen LogP) is 3.77. The van der Waals surface area contributed by atoms with Gasteiger partial charge in [0.2, 0.25) is 0 Å². The molecule has 0 bridgehead atoms. The molecule has 0 amide bonds. The van der Waals surface area contributed by atoms with Gasteiger partial charge < -0.3 is 0 Å². The average Bonchev–Trinajstić information content (AvgIpc) is 2.31. The molecule has 0 aliphatic carbocycles. The van der Waals surface area contributed by atoms with Crippen LogP contribution in [0.3, 0.4) is 0 Å². The maximum Gasteiger partial charge on any atom is 0.0120 e. The zero-order chi connectivity index (χ0) is 8.27. The van der Waals surface area contributed by atoms with Crippen molar-refractivity contribution in [2.24, 2.45) is 0 Å². The minimum Gasteiger partial charge on any atom is -0.149 e. The Bertz CT molecular complexity index is 215. The van der Waals surface area contributed by atoms with Crippen molar-refractivity contribution in [3.8, 4) is 0 Å². The van der Waals surface area contributed by atoms with E-state index in [1.165, 1.54) is 23.3 Å². The topological polar surface area (TPSA) is 0 Å². The molecule has 2 heteroatoms. The van der Waals surface area contributed by atoms with Crippen molar-refractivity contribution in [3.05, 3.63) is 21.9 Å². The van der Waals surface area contributed by atoms with Gasteiger partial charge in [-0.1, -0.05) is 22.9 Å². The Kier molecular flexibility index (Phi) is 3.60. The van der Waals surface area contributed by atoms with Gasteiger partial charge in [-0.2, -0.15) is 0 Å². The maximum absolute atomic E-state index is 3.54. The zero-order valence-electron chi connectivity index (χ0n) is 6.93. The Morgan fingerprint density at radius 2 is 2.36 bits per heavy atom. The van der Waals surface area contributed by atoms with Gasteiger partial charge in [-0.25, -0.2) is 0 Å². The zero-order valence-corrected chi connectivity index (χ0v) is 9.33. The third kappa shape index (κ3) is 3.39. The Morgan fingerprint density at radius 1 is 1.64 bits per heavy atom. The van der Waals surface area contributed by atoms with Crippen LogP contribution in [0.2, 0.25) is 0 Å². The summed E-state index contributed by atoms with van der Waals surface area (Å²) < 4.78 is 0. The number of hydrogen-bond donors (Lipinski definition) is 0. The lowest BCUT2D eigenvalue weighted by Crippen LogP contribution is -1.92. The van der Waals surface area contributed by atoms with Crippen molar-refractivity contribution in [1.29, 1.82) is 0 Å². The Labute approximate surface area is 80.8 Å². The summed E-state index contributed by atoms with van der Waals surface area (Å²) in [6.07, 6.45) is 2.44. The van der Waals surface area contributed by atoms with Gasteiger partial charge in [-0.3, -0.25) is 0 Å². The first-order chi connectivity index (χ1) is 5.18. The highest BCUT2D eigenvalue weighted by Gasteiger charge is 1.99. The lowest BCUT2D eigenvalue weighted by atomic mass is 10.1. The van der Waals surface area contributed by atoms with Gasteiger partial charge in [0, 0.05) is 9.70 Å². The number of alkyl halides is 1. The summed E-state index contributed by atoms with van der Waals surface area (Å²) in [6.45, 7) is 4.35. The quantitative estimate of drug-likeness (QED) is 0.697. The van der Waals surface area contributed by atoms with E-state index in [9.17, 15) is 0 Å². The number of hydrogen-bond acceptors (Lipinski definition) is 1. The fourth-order valence-electron chi connectivity index (χ4n) is 0.994. The Morgan fingerprint density at radius 3 is 2.82 bits per heavy atom. The Balaban J connectivity index is 2.39. The molecule has 1 rings (SSSR count). The molecule has 62 valence electrons. The fraction of sp³-hybridized carbons (Fsp3) is 0.556. The summed E-state index contributed by atoms with van der Waals surface area (Å²) in [7, 11) is 0. The summed E-state index contributed by atoms with van der Waals surface area (Å²) in [6, 6.07) is 2.28. The van der Waals surface area contributed by atoms with Crippen LogP contribution in [0.5, 0.6) is 0 Å². The minimum atomic E-state index is 0.641. The van der Waals surface area contributed by atoms with Crippen LogP contribution in [0.1, 0.15) is 23.8 Å². The highest BCUT2D eigenvalue weighted by Crippen LogP contribution is 2.16. The summed E-state index contributed by atoms with van der Waals surface area (Å²) >= 11 is 5.38. The smallest absolute Gasteiger partial charge is 0.0120 e. The highest BCUT2D eigenvalue weighted by atomic mass is 79.9. The lowest BCUT2D eigenvalue weighted by molar-refractivity contribution is 0.824. The molecule has 0 fully saturated rings. The van der Waals surface area contributed by atoms with Crippen LogP contribution < -0.4 is 0 Å². The highest BCUT2D eigenvalue weighted by molar-refractivity contribution is 9.09. The van der Waals surface area contributed by atoms with E-state index in [2.05, 4.69) is 41.2 Å². The normalized spacial score (nSPS) is 13.4. The van der Waals surface area contributed by atoms with Gasteiger partial charge in [0.15, 0.2) is 0 Å². The number of rotatable bonds is 3. The molecule has 1 unspecified atom stereocenters. The van der Waals surface area contributed by atoms with Crippen LogP contribution in [-0.4, -0.2) is 4.83 Å². The van der Waals surface area contributed by atoms with Gasteiger partial charge in [-0.15, -0.1) is 11.3 Å². The van der Waals surface area contributed by atoms with Crippen LogP contribution in [0.15, 0.2) is 11.4 Å². The summed E-state index contributed by atoms with van der Waals surface area (Å²) in [5.74, 6) is 0. The summed E-state index contributed by atoms with van der Waals surface area (Å²) in [5, 5.41) is 2.25. The molecule has 1 aromatic rings. The largest absolute Gasteiger partial charge is 0.149 e. The molecular formula is C9H13BrS. The molecule has 0 spiro atoms. The SMILES string of the molecule is Cc1cc(CCC(C)Br)cs1. The summed E-state index contributed by atoms with van der Waals surface area (Å²) in [5.41, 5.74) is 1.49. The van der Waals surface area contributed by atoms with Gasteiger partial charge >= 0.3 is 0 Å². The molecule has 1 atom stereocenters. The van der Waals surface area contributed by atoms with Crippen LogP contribution in [-0.2, 0) is 6.42 Å². The van der Waals surface area contributed by atoms with Gasteiger partial charge in [-0.05, 0) is 36.8 Å². The predicted molar refractivity (Wildman–Crippen MR) is 55.8 cm³/mol. The Hall–Kier alpha value is 0.180. The molecule has 1 aromatic heterocycles. The van der Waals surface area contributed by atoms with E-state index < -0.39 is 0 Å². The molecule has 0 N–H and O–H groups in total. The van der Waals surface area contributed by atoms with E-state index in [0.717, 1.165) is 0 Å². The van der Waals surface area contributed by atoms with E-state index in [-0.39, 0.29) is 0 Å². The molecule has 0 nitrogen and oxygen atoms in total. The first-order valence-electron chi connectivity index (χ1n) is 3.86. The molecule has 1 heterocycles. The van der Waals surface area contributed by atoms with E-state index in [4.69, 9.17) is 0 Å². The lowest BCUT2D eigenvalue weighted by Gasteiger charge is -1.99. The van der Waals surface area contributed by atoms with E-state index in [1.54, 1.807) is 0 Å². The van der Waals surface area contributed by atoms with Crippen LogP contribution in [0.4, 0.5) is 0 Å². The van der Waals surface area contributed by atoms with Gasteiger partial charge in [0.05, 0.1) is 0 Å². The molecule has 0 aliphatic heterocycles. The minimum absolute atomic E-state index is 0.641. The van der Waals surface area contributed by atoms with Crippen LogP contribution >= 0.6 is 27.3 Å². The van der Waals surface area contributed by atoms with Crippen LogP contribution in [0, 0.1) is 6.92 Å². The number of halogens is 1. The number of aryl methyl sites for hydroxylation is 2. The van der Waals surface area contributed by atoms with E-state index >= 15 is 0 Å². The first kappa shape index (κ1) is 9.27. The fourth-order valence-corrected chi connectivity index (χ4v) is 1.97. The molecule has 11 heavy (non-hydrogen) atoms. The molecule has 0 aliphatic rings. The van der Waals surface area contributed by atoms with E-state index in [1.807, 2.05) is 11.3 Å². The van der Waals surface area contributed by atoms with Crippen molar-refractivity contribution in [2.45, 2.75) is 31.5 Å². The molecule has 0 aromatic carbocycles. The van der Waals surface area contributed by atoms with Gasteiger partial charge in [0.25, 0.3) is 0 Å². The molecule has 0 saturated carbocycles. The summed E-state index contributed by atoms with van der Waals surface area (Å²) in [4.78, 5) is 2.06. The first-order valence-corrected chi connectivity index (χ1v) is 5.66. The van der Waals surface area contributed by atoms with Gasteiger partial charge in [0.1, 0.15) is 0 Å². The molecule has 0 saturated heterocycles. The number of thiophene rings is 1. The molecule has 0 radical (unpaired) electrons. The van der Waals surface area contributed by atoms with Crippen molar-refractivity contribution in [2.75, 3.05) is 0 Å². The average molecular weight is 233 g/mol. The van der Waals surface area contributed by atoms with Crippen molar-refractivity contribution in [3.63, 3.8) is 0 Å². The third-order valence-electron chi connectivity index (χ3n) is 1.62. The van der Waals surface area contributed by atoms with E-state index in [0.29, 0.717) is 4.83 Å².